The molecule has 0 bridgehead atoms. The molecule has 0 radical (unpaired) electrons. The standard InChI is InChI=1S/C15H16O2/c16-15(13-9-5-4-6-10-13)17-14-11-7-2-1-3-8-12-14/h2,4-10,12,14H,1,3,11H2/b7-2-,12-8-. The van der Waals surface area contributed by atoms with E-state index in [-0.39, 0.29) is 12.1 Å². The van der Waals surface area contributed by atoms with Crippen molar-refractivity contribution in [2.45, 2.75) is 25.4 Å². The lowest BCUT2D eigenvalue weighted by Gasteiger charge is -2.13. The molecule has 1 atom stereocenters. The van der Waals surface area contributed by atoms with E-state index in [9.17, 15) is 4.79 Å². The largest absolute Gasteiger partial charge is 0.454 e. The fourth-order valence-corrected chi connectivity index (χ4v) is 1.73. The van der Waals surface area contributed by atoms with Gasteiger partial charge in [0.05, 0.1) is 5.56 Å². The zero-order valence-electron chi connectivity index (χ0n) is 9.71. The summed E-state index contributed by atoms with van der Waals surface area (Å²) in [5, 5.41) is 0. The predicted octanol–water partition coefficient (Wildman–Crippen LogP) is 3.51. The van der Waals surface area contributed by atoms with Crippen LogP contribution in [0.2, 0.25) is 0 Å². The van der Waals surface area contributed by atoms with E-state index in [1.54, 1.807) is 12.1 Å². The molecule has 0 aromatic heterocycles. The number of benzene rings is 1. The maximum Gasteiger partial charge on any atom is 0.338 e. The zero-order valence-corrected chi connectivity index (χ0v) is 9.71. The molecule has 0 saturated carbocycles. The Balaban J connectivity index is 1.98. The minimum absolute atomic E-state index is 0.140. The Bertz CT molecular complexity index is 418. The Morgan fingerprint density at radius 2 is 1.82 bits per heavy atom. The van der Waals surface area contributed by atoms with Crippen LogP contribution in [0.3, 0.4) is 0 Å². The van der Waals surface area contributed by atoms with Crippen LogP contribution in [0.15, 0.2) is 54.6 Å². The predicted molar refractivity (Wildman–Crippen MR) is 67.8 cm³/mol. The van der Waals surface area contributed by atoms with E-state index in [1.807, 2.05) is 24.3 Å². The Kier molecular flexibility index (Phi) is 4.14. The van der Waals surface area contributed by atoms with Crippen molar-refractivity contribution in [1.82, 2.24) is 0 Å². The Morgan fingerprint density at radius 1 is 1.06 bits per heavy atom. The molecule has 1 aliphatic carbocycles. The lowest BCUT2D eigenvalue weighted by molar-refractivity contribution is 0.0399. The number of allylic oxidation sites excluding steroid dienone is 2. The summed E-state index contributed by atoms with van der Waals surface area (Å²) < 4.78 is 5.44. The number of ether oxygens (including phenoxy) is 1. The Labute approximate surface area is 102 Å². The minimum atomic E-state index is -0.255. The molecule has 0 saturated heterocycles. The summed E-state index contributed by atoms with van der Waals surface area (Å²) >= 11 is 0. The quantitative estimate of drug-likeness (QED) is 0.572. The molecule has 2 heteroatoms. The van der Waals surface area contributed by atoms with E-state index >= 15 is 0 Å². The van der Waals surface area contributed by atoms with Crippen molar-refractivity contribution in [2.75, 3.05) is 0 Å². The van der Waals surface area contributed by atoms with Crippen molar-refractivity contribution in [3.05, 3.63) is 60.2 Å². The topological polar surface area (TPSA) is 26.3 Å². The molecular weight excluding hydrogens is 212 g/mol. The van der Waals surface area contributed by atoms with Crippen molar-refractivity contribution < 1.29 is 9.53 Å². The van der Waals surface area contributed by atoms with Gasteiger partial charge in [-0.05, 0) is 31.1 Å². The fourth-order valence-electron chi connectivity index (χ4n) is 1.73. The number of esters is 1. The first-order valence-corrected chi connectivity index (χ1v) is 5.94. The minimum Gasteiger partial charge on any atom is -0.454 e. The van der Waals surface area contributed by atoms with Gasteiger partial charge in [-0.1, -0.05) is 36.4 Å². The molecule has 0 fully saturated rings. The van der Waals surface area contributed by atoms with E-state index in [4.69, 9.17) is 4.74 Å². The molecule has 1 aromatic rings. The van der Waals surface area contributed by atoms with Crippen LogP contribution in [-0.2, 0) is 4.74 Å². The van der Waals surface area contributed by atoms with Crippen LogP contribution in [0.4, 0.5) is 0 Å². The third-order valence-corrected chi connectivity index (χ3v) is 2.65. The molecule has 0 spiro atoms. The van der Waals surface area contributed by atoms with Gasteiger partial charge in [-0.2, -0.15) is 0 Å². The number of hydrogen-bond donors (Lipinski definition) is 0. The van der Waals surface area contributed by atoms with Crippen LogP contribution in [0.25, 0.3) is 0 Å². The molecule has 0 amide bonds. The summed E-state index contributed by atoms with van der Waals surface area (Å²) in [5.74, 6) is -0.255. The Hall–Kier alpha value is -1.83. The second kappa shape index (κ2) is 6.04. The maximum absolute atomic E-state index is 11.8. The van der Waals surface area contributed by atoms with Crippen molar-refractivity contribution in [3.8, 4) is 0 Å². The summed E-state index contributed by atoms with van der Waals surface area (Å²) in [5.41, 5.74) is 0.604. The van der Waals surface area contributed by atoms with Gasteiger partial charge >= 0.3 is 5.97 Å². The highest BCUT2D eigenvalue weighted by Crippen LogP contribution is 2.11. The average molecular weight is 228 g/mol. The van der Waals surface area contributed by atoms with Crippen molar-refractivity contribution in [2.24, 2.45) is 0 Å². The highest BCUT2D eigenvalue weighted by Gasteiger charge is 2.12. The van der Waals surface area contributed by atoms with E-state index in [0.29, 0.717) is 5.56 Å². The van der Waals surface area contributed by atoms with Gasteiger partial charge in [-0.15, -0.1) is 0 Å². The first-order valence-electron chi connectivity index (χ1n) is 5.94. The Morgan fingerprint density at radius 3 is 2.65 bits per heavy atom. The number of carbonyl (C=O) groups excluding carboxylic acids is 1. The number of hydrogen-bond acceptors (Lipinski definition) is 2. The lowest BCUT2D eigenvalue weighted by Crippen LogP contribution is -2.15. The first kappa shape index (κ1) is 11.6. The van der Waals surface area contributed by atoms with Crippen LogP contribution in [0, 0.1) is 0 Å². The summed E-state index contributed by atoms with van der Waals surface area (Å²) in [6, 6.07) is 9.10. The molecule has 1 unspecified atom stereocenters. The van der Waals surface area contributed by atoms with Gasteiger partial charge in [-0.25, -0.2) is 4.79 Å². The molecule has 2 rings (SSSR count). The highest BCUT2D eigenvalue weighted by molar-refractivity contribution is 5.89. The zero-order chi connectivity index (χ0) is 11.9. The van der Waals surface area contributed by atoms with Crippen LogP contribution < -0.4 is 0 Å². The lowest BCUT2D eigenvalue weighted by atomic mass is 10.1. The molecule has 88 valence electrons. The molecule has 0 aliphatic heterocycles. The van der Waals surface area contributed by atoms with Crippen molar-refractivity contribution in [1.29, 1.82) is 0 Å². The fraction of sp³-hybridized carbons (Fsp3) is 0.267. The normalized spacial score (nSPS) is 23.2. The first-order chi connectivity index (χ1) is 8.36. The van der Waals surface area contributed by atoms with E-state index < -0.39 is 0 Å². The van der Waals surface area contributed by atoms with Gasteiger partial charge in [0.15, 0.2) is 0 Å². The van der Waals surface area contributed by atoms with Gasteiger partial charge in [-0.3, -0.25) is 0 Å². The van der Waals surface area contributed by atoms with Crippen LogP contribution >= 0.6 is 0 Å². The summed E-state index contributed by atoms with van der Waals surface area (Å²) in [7, 11) is 0. The SMILES string of the molecule is O=C(OC1/C=C\CC/C=C\C1)c1ccccc1. The van der Waals surface area contributed by atoms with E-state index in [0.717, 1.165) is 19.3 Å². The maximum atomic E-state index is 11.8. The second-order valence-electron chi connectivity index (χ2n) is 4.02. The molecule has 1 aromatic carbocycles. The molecule has 1 aliphatic rings. The third-order valence-electron chi connectivity index (χ3n) is 2.65. The van der Waals surface area contributed by atoms with Gasteiger partial charge in [0, 0.05) is 6.42 Å². The monoisotopic (exact) mass is 228 g/mol. The molecule has 2 nitrogen and oxygen atoms in total. The number of rotatable bonds is 2. The molecule has 0 heterocycles. The van der Waals surface area contributed by atoms with Crippen LogP contribution in [0.1, 0.15) is 29.6 Å². The average Bonchev–Trinajstić information content (AvgIpc) is 2.33. The number of carbonyl (C=O) groups is 1. The van der Waals surface area contributed by atoms with Gasteiger partial charge in [0.2, 0.25) is 0 Å². The second-order valence-corrected chi connectivity index (χ2v) is 4.02. The van der Waals surface area contributed by atoms with Crippen molar-refractivity contribution in [3.63, 3.8) is 0 Å². The molecule has 17 heavy (non-hydrogen) atoms. The third kappa shape index (κ3) is 3.59. The smallest absolute Gasteiger partial charge is 0.338 e. The van der Waals surface area contributed by atoms with Gasteiger partial charge < -0.3 is 4.74 Å². The molecule has 0 N–H and O–H groups in total. The highest BCUT2D eigenvalue weighted by atomic mass is 16.5. The van der Waals surface area contributed by atoms with E-state index in [1.165, 1.54) is 0 Å². The van der Waals surface area contributed by atoms with Gasteiger partial charge in [0.25, 0.3) is 0 Å². The van der Waals surface area contributed by atoms with Crippen LogP contribution in [-0.4, -0.2) is 12.1 Å². The van der Waals surface area contributed by atoms with Crippen molar-refractivity contribution >= 4 is 5.97 Å². The van der Waals surface area contributed by atoms with Crippen LogP contribution in [0.5, 0.6) is 0 Å². The van der Waals surface area contributed by atoms with Gasteiger partial charge in [0.1, 0.15) is 6.10 Å². The summed E-state index contributed by atoms with van der Waals surface area (Å²) in [4.78, 5) is 11.8. The molecular formula is C15H16O2. The summed E-state index contributed by atoms with van der Waals surface area (Å²) in [6.07, 6.45) is 11.0. The van der Waals surface area contributed by atoms with E-state index in [2.05, 4.69) is 18.2 Å². The summed E-state index contributed by atoms with van der Waals surface area (Å²) in [6.45, 7) is 0.